The average molecular weight is 249 g/mol. The topological polar surface area (TPSA) is 84.2 Å². The fourth-order valence-electron chi connectivity index (χ4n) is 1.63. The number of rotatable bonds is 6. The Kier molecular flexibility index (Phi) is 5.87. The lowest BCUT2D eigenvalue weighted by atomic mass is 9.98. The Morgan fingerprint density at radius 1 is 1.22 bits per heavy atom. The van der Waals surface area contributed by atoms with Crippen LogP contribution in [0.2, 0.25) is 0 Å². The molecule has 0 aliphatic heterocycles. The third-order valence-electron chi connectivity index (χ3n) is 2.55. The number of hydrogen-bond donors (Lipinski definition) is 3. The molecule has 0 bridgehead atoms. The van der Waals surface area contributed by atoms with Crippen molar-refractivity contribution in [3.05, 3.63) is 35.9 Å². The minimum atomic E-state index is -0.416. The number of nitrogens with two attached hydrogens (primary N) is 1. The SMILES string of the molecule is CCNC(=O)CNC(=O)C(CN)c1ccccc1. The molecule has 0 saturated carbocycles. The summed E-state index contributed by atoms with van der Waals surface area (Å²) < 4.78 is 0. The van der Waals surface area contributed by atoms with Gasteiger partial charge in [0.1, 0.15) is 0 Å². The molecular formula is C13H19N3O2. The Balaban J connectivity index is 2.56. The minimum absolute atomic E-state index is 0.0179. The highest BCUT2D eigenvalue weighted by Gasteiger charge is 2.18. The van der Waals surface area contributed by atoms with Crippen LogP contribution in [0.3, 0.4) is 0 Å². The molecule has 0 heterocycles. The molecule has 0 spiro atoms. The molecule has 18 heavy (non-hydrogen) atoms. The molecule has 1 aromatic carbocycles. The monoisotopic (exact) mass is 249 g/mol. The van der Waals surface area contributed by atoms with Crippen LogP contribution < -0.4 is 16.4 Å². The molecule has 0 aliphatic carbocycles. The summed E-state index contributed by atoms with van der Waals surface area (Å²) in [5, 5.41) is 5.20. The van der Waals surface area contributed by atoms with E-state index in [4.69, 9.17) is 5.73 Å². The van der Waals surface area contributed by atoms with Gasteiger partial charge < -0.3 is 16.4 Å². The molecule has 0 aliphatic rings. The molecule has 1 rings (SSSR count). The van der Waals surface area contributed by atoms with E-state index in [1.54, 1.807) is 0 Å². The molecule has 1 unspecified atom stereocenters. The molecule has 0 fully saturated rings. The standard InChI is InChI=1S/C13H19N3O2/c1-2-15-12(17)9-16-13(18)11(8-14)10-6-4-3-5-7-10/h3-7,11H,2,8-9,14H2,1H3,(H,15,17)(H,16,18). The minimum Gasteiger partial charge on any atom is -0.355 e. The van der Waals surface area contributed by atoms with Crippen molar-refractivity contribution in [2.75, 3.05) is 19.6 Å². The Bertz CT molecular complexity index is 392. The van der Waals surface area contributed by atoms with E-state index < -0.39 is 5.92 Å². The maximum Gasteiger partial charge on any atom is 0.239 e. The van der Waals surface area contributed by atoms with Crippen molar-refractivity contribution in [2.24, 2.45) is 5.73 Å². The first-order valence-electron chi connectivity index (χ1n) is 5.98. The van der Waals surface area contributed by atoms with Crippen LogP contribution >= 0.6 is 0 Å². The smallest absolute Gasteiger partial charge is 0.239 e. The second-order valence-electron chi connectivity index (χ2n) is 3.87. The van der Waals surface area contributed by atoms with Crippen molar-refractivity contribution in [3.8, 4) is 0 Å². The predicted molar refractivity (Wildman–Crippen MR) is 69.9 cm³/mol. The maximum absolute atomic E-state index is 11.9. The van der Waals surface area contributed by atoms with Gasteiger partial charge in [-0.15, -0.1) is 0 Å². The van der Waals surface area contributed by atoms with E-state index in [2.05, 4.69) is 10.6 Å². The molecule has 0 aromatic heterocycles. The molecule has 98 valence electrons. The van der Waals surface area contributed by atoms with Gasteiger partial charge in [0, 0.05) is 13.1 Å². The lowest BCUT2D eigenvalue weighted by Gasteiger charge is -2.15. The van der Waals surface area contributed by atoms with E-state index in [1.807, 2.05) is 37.3 Å². The van der Waals surface area contributed by atoms with Crippen molar-refractivity contribution in [1.29, 1.82) is 0 Å². The van der Waals surface area contributed by atoms with Crippen LogP contribution in [-0.4, -0.2) is 31.4 Å². The van der Waals surface area contributed by atoms with Gasteiger partial charge in [-0.2, -0.15) is 0 Å². The van der Waals surface area contributed by atoms with Crippen molar-refractivity contribution in [1.82, 2.24) is 10.6 Å². The lowest BCUT2D eigenvalue weighted by Crippen LogP contribution is -2.40. The lowest BCUT2D eigenvalue weighted by molar-refractivity contribution is -0.126. The molecule has 5 nitrogen and oxygen atoms in total. The van der Waals surface area contributed by atoms with E-state index in [0.717, 1.165) is 5.56 Å². The van der Waals surface area contributed by atoms with Gasteiger partial charge in [0.2, 0.25) is 11.8 Å². The molecule has 2 amide bonds. The van der Waals surface area contributed by atoms with E-state index in [-0.39, 0.29) is 24.9 Å². The van der Waals surface area contributed by atoms with Gasteiger partial charge in [0.25, 0.3) is 0 Å². The van der Waals surface area contributed by atoms with E-state index in [0.29, 0.717) is 6.54 Å². The van der Waals surface area contributed by atoms with E-state index >= 15 is 0 Å². The average Bonchev–Trinajstić information content (AvgIpc) is 2.39. The van der Waals surface area contributed by atoms with Crippen molar-refractivity contribution < 1.29 is 9.59 Å². The molecule has 4 N–H and O–H groups in total. The highest BCUT2D eigenvalue weighted by molar-refractivity contribution is 5.88. The van der Waals surface area contributed by atoms with Crippen LogP contribution in [0.1, 0.15) is 18.4 Å². The van der Waals surface area contributed by atoms with Crippen LogP contribution in [0.4, 0.5) is 0 Å². The Morgan fingerprint density at radius 2 is 1.89 bits per heavy atom. The van der Waals surface area contributed by atoms with Crippen LogP contribution in [0.5, 0.6) is 0 Å². The molecule has 0 radical (unpaired) electrons. The summed E-state index contributed by atoms with van der Waals surface area (Å²) in [5.41, 5.74) is 6.46. The van der Waals surface area contributed by atoms with Crippen LogP contribution in [0.25, 0.3) is 0 Å². The number of carbonyl (C=O) groups excluding carboxylic acids is 2. The molecule has 5 heteroatoms. The second-order valence-corrected chi connectivity index (χ2v) is 3.87. The first kappa shape index (κ1) is 14.2. The van der Waals surface area contributed by atoms with Crippen molar-refractivity contribution >= 4 is 11.8 Å². The Labute approximate surface area is 107 Å². The largest absolute Gasteiger partial charge is 0.355 e. The summed E-state index contributed by atoms with van der Waals surface area (Å²) in [6.07, 6.45) is 0. The van der Waals surface area contributed by atoms with Gasteiger partial charge in [0.05, 0.1) is 12.5 Å². The highest BCUT2D eigenvalue weighted by Crippen LogP contribution is 2.13. The highest BCUT2D eigenvalue weighted by atomic mass is 16.2. The molecule has 0 saturated heterocycles. The van der Waals surface area contributed by atoms with Crippen LogP contribution in [0, 0.1) is 0 Å². The summed E-state index contributed by atoms with van der Waals surface area (Å²) in [5.74, 6) is -0.842. The first-order valence-corrected chi connectivity index (χ1v) is 5.98. The number of amides is 2. The number of likely N-dealkylation sites (N-methyl/N-ethyl adjacent to an activating group) is 1. The summed E-state index contributed by atoms with van der Waals surface area (Å²) in [4.78, 5) is 23.2. The van der Waals surface area contributed by atoms with Gasteiger partial charge in [-0.1, -0.05) is 30.3 Å². The third-order valence-corrected chi connectivity index (χ3v) is 2.55. The van der Waals surface area contributed by atoms with Gasteiger partial charge in [-0.3, -0.25) is 9.59 Å². The van der Waals surface area contributed by atoms with Crippen molar-refractivity contribution in [3.63, 3.8) is 0 Å². The first-order chi connectivity index (χ1) is 8.69. The Hall–Kier alpha value is -1.88. The Morgan fingerprint density at radius 3 is 2.44 bits per heavy atom. The summed E-state index contributed by atoms with van der Waals surface area (Å²) in [6, 6.07) is 9.29. The molecule has 1 aromatic rings. The number of nitrogens with one attached hydrogen (secondary N) is 2. The summed E-state index contributed by atoms with van der Waals surface area (Å²) in [6.45, 7) is 2.57. The fourth-order valence-corrected chi connectivity index (χ4v) is 1.63. The van der Waals surface area contributed by atoms with Crippen LogP contribution in [-0.2, 0) is 9.59 Å². The quantitative estimate of drug-likeness (QED) is 0.662. The van der Waals surface area contributed by atoms with E-state index in [1.165, 1.54) is 0 Å². The van der Waals surface area contributed by atoms with Gasteiger partial charge in [-0.25, -0.2) is 0 Å². The normalized spacial score (nSPS) is 11.7. The number of benzene rings is 1. The predicted octanol–water partition coefficient (Wildman–Crippen LogP) is -0.0188. The van der Waals surface area contributed by atoms with Gasteiger partial charge in [0.15, 0.2) is 0 Å². The van der Waals surface area contributed by atoms with Gasteiger partial charge >= 0.3 is 0 Å². The summed E-state index contributed by atoms with van der Waals surface area (Å²) >= 11 is 0. The zero-order valence-corrected chi connectivity index (χ0v) is 10.5. The van der Waals surface area contributed by atoms with Gasteiger partial charge in [-0.05, 0) is 12.5 Å². The fraction of sp³-hybridized carbons (Fsp3) is 0.385. The zero-order valence-electron chi connectivity index (χ0n) is 10.5. The second kappa shape index (κ2) is 7.45. The number of carbonyl (C=O) groups is 2. The maximum atomic E-state index is 11.9. The third kappa shape index (κ3) is 4.18. The molecule has 1 atom stereocenters. The van der Waals surface area contributed by atoms with Crippen LogP contribution in [0.15, 0.2) is 30.3 Å². The summed E-state index contributed by atoms with van der Waals surface area (Å²) in [7, 11) is 0. The zero-order chi connectivity index (χ0) is 13.4. The molecular weight excluding hydrogens is 230 g/mol. The van der Waals surface area contributed by atoms with E-state index in [9.17, 15) is 9.59 Å². The number of hydrogen-bond acceptors (Lipinski definition) is 3. The van der Waals surface area contributed by atoms with Crippen molar-refractivity contribution in [2.45, 2.75) is 12.8 Å².